The Morgan fingerprint density at radius 3 is 3.18 bits per heavy atom. The molecule has 0 aliphatic heterocycles. The SMILES string of the molecule is CCCn1ccnc1CNCCc1ccsc1. The fourth-order valence-corrected chi connectivity index (χ4v) is 2.52. The Morgan fingerprint density at radius 1 is 1.47 bits per heavy atom. The van der Waals surface area contributed by atoms with Crippen molar-refractivity contribution in [1.82, 2.24) is 14.9 Å². The van der Waals surface area contributed by atoms with Gasteiger partial charge in [0.15, 0.2) is 0 Å². The summed E-state index contributed by atoms with van der Waals surface area (Å²) in [5, 5.41) is 7.78. The third-order valence-corrected chi connectivity index (χ3v) is 3.45. The fraction of sp³-hybridized carbons (Fsp3) is 0.462. The molecule has 0 atom stereocenters. The second-order valence-corrected chi connectivity index (χ2v) is 4.88. The molecule has 0 aliphatic carbocycles. The minimum Gasteiger partial charge on any atom is -0.334 e. The largest absolute Gasteiger partial charge is 0.334 e. The van der Waals surface area contributed by atoms with E-state index in [1.54, 1.807) is 11.3 Å². The Hall–Kier alpha value is -1.13. The molecule has 0 aromatic carbocycles. The molecular weight excluding hydrogens is 230 g/mol. The van der Waals surface area contributed by atoms with Gasteiger partial charge in [0.2, 0.25) is 0 Å². The van der Waals surface area contributed by atoms with Gasteiger partial charge in [-0.15, -0.1) is 0 Å². The predicted molar refractivity (Wildman–Crippen MR) is 72.2 cm³/mol. The zero-order valence-corrected chi connectivity index (χ0v) is 11.0. The van der Waals surface area contributed by atoms with Gasteiger partial charge in [0.1, 0.15) is 5.82 Å². The van der Waals surface area contributed by atoms with Crippen molar-refractivity contribution in [3.63, 3.8) is 0 Å². The van der Waals surface area contributed by atoms with Crippen molar-refractivity contribution >= 4 is 11.3 Å². The molecule has 3 nitrogen and oxygen atoms in total. The van der Waals surface area contributed by atoms with Crippen molar-refractivity contribution in [2.45, 2.75) is 32.9 Å². The van der Waals surface area contributed by atoms with E-state index < -0.39 is 0 Å². The second kappa shape index (κ2) is 6.57. The second-order valence-electron chi connectivity index (χ2n) is 4.10. The molecule has 4 heteroatoms. The van der Waals surface area contributed by atoms with Gasteiger partial charge in [-0.2, -0.15) is 11.3 Å². The lowest BCUT2D eigenvalue weighted by Gasteiger charge is -2.07. The van der Waals surface area contributed by atoms with Crippen molar-refractivity contribution in [1.29, 1.82) is 0 Å². The average Bonchev–Trinajstić information content (AvgIpc) is 2.96. The maximum atomic E-state index is 4.37. The molecule has 92 valence electrons. The van der Waals surface area contributed by atoms with Crippen LogP contribution in [-0.4, -0.2) is 16.1 Å². The molecule has 0 spiro atoms. The van der Waals surface area contributed by atoms with Crippen LogP contribution in [0.15, 0.2) is 29.2 Å². The Labute approximate surface area is 107 Å². The van der Waals surface area contributed by atoms with E-state index in [-0.39, 0.29) is 0 Å². The van der Waals surface area contributed by atoms with Crippen LogP contribution >= 0.6 is 11.3 Å². The normalized spacial score (nSPS) is 10.9. The smallest absolute Gasteiger partial charge is 0.122 e. The zero-order valence-electron chi connectivity index (χ0n) is 10.2. The zero-order chi connectivity index (χ0) is 11.9. The highest BCUT2D eigenvalue weighted by molar-refractivity contribution is 7.07. The van der Waals surface area contributed by atoms with Crippen molar-refractivity contribution in [2.24, 2.45) is 0 Å². The van der Waals surface area contributed by atoms with E-state index in [1.165, 1.54) is 5.56 Å². The van der Waals surface area contributed by atoms with Crippen LogP contribution in [0.1, 0.15) is 24.7 Å². The highest BCUT2D eigenvalue weighted by Gasteiger charge is 2.01. The van der Waals surface area contributed by atoms with Crippen molar-refractivity contribution in [3.05, 3.63) is 40.6 Å². The van der Waals surface area contributed by atoms with E-state index in [4.69, 9.17) is 0 Å². The summed E-state index contributed by atoms with van der Waals surface area (Å²) in [6, 6.07) is 2.18. The van der Waals surface area contributed by atoms with Crippen LogP contribution < -0.4 is 5.32 Å². The third-order valence-electron chi connectivity index (χ3n) is 2.72. The summed E-state index contributed by atoms with van der Waals surface area (Å²) >= 11 is 1.76. The molecule has 1 N–H and O–H groups in total. The third kappa shape index (κ3) is 3.68. The first-order chi connectivity index (χ1) is 8.40. The minimum atomic E-state index is 0.858. The lowest BCUT2D eigenvalue weighted by atomic mass is 10.2. The minimum absolute atomic E-state index is 0.858. The summed E-state index contributed by atoms with van der Waals surface area (Å²) in [5.74, 6) is 1.14. The number of aryl methyl sites for hydroxylation is 1. The van der Waals surface area contributed by atoms with Gasteiger partial charge >= 0.3 is 0 Å². The van der Waals surface area contributed by atoms with E-state index >= 15 is 0 Å². The summed E-state index contributed by atoms with van der Waals surface area (Å²) in [7, 11) is 0. The highest BCUT2D eigenvalue weighted by atomic mass is 32.1. The van der Waals surface area contributed by atoms with Gasteiger partial charge in [-0.05, 0) is 41.8 Å². The number of thiophene rings is 1. The van der Waals surface area contributed by atoms with Gasteiger partial charge in [-0.1, -0.05) is 6.92 Å². The van der Waals surface area contributed by atoms with Crippen molar-refractivity contribution < 1.29 is 0 Å². The standard InChI is InChI=1S/C13H19N3S/c1-2-7-16-8-6-15-13(16)10-14-5-3-12-4-9-17-11-12/h4,6,8-9,11,14H,2-3,5,7,10H2,1H3. The van der Waals surface area contributed by atoms with Crippen LogP contribution in [0.3, 0.4) is 0 Å². The molecular formula is C13H19N3S. The monoisotopic (exact) mass is 249 g/mol. The molecule has 0 unspecified atom stereocenters. The van der Waals surface area contributed by atoms with E-state index in [9.17, 15) is 0 Å². The molecule has 0 radical (unpaired) electrons. The van der Waals surface area contributed by atoms with Crippen LogP contribution in [0.4, 0.5) is 0 Å². The predicted octanol–water partition coefficient (Wildman–Crippen LogP) is 2.69. The fourth-order valence-electron chi connectivity index (χ4n) is 1.82. The van der Waals surface area contributed by atoms with Gasteiger partial charge in [0.05, 0.1) is 6.54 Å². The highest BCUT2D eigenvalue weighted by Crippen LogP contribution is 2.06. The maximum Gasteiger partial charge on any atom is 0.122 e. The summed E-state index contributed by atoms with van der Waals surface area (Å²) in [4.78, 5) is 4.37. The Morgan fingerprint density at radius 2 is 2.41 bits per heavy atom. The number of aromatic nitrogens is 2. The van der Waals surface area contributed by atoms with Crippen LogP contribution in [0, 0.1) is 0 Å². The first-order valence-corrected chi connectivity index (χ1v) is 7.06. The number of hydrogen-bond donors (Lipinski definition) is 1. The first-order valence-electron chi connectivity index (χ1n) is 6.12. The van der Waals surface area contributed by atoms with Gasteiger partial charge < -0.3 is 9.88 Å². The van der Waals surface area contributed by atoms with E-state index in [2.05, 4.69) is 44.8 Å². The Bertz CT molecular complexity index is 420. The molecule has 17 heavy (non-hydrogen) atoms. The molecule has 2 aromatic heterocycles. The molecule has 2 rings (SSSR count). The molecule has 2 heterocycles. The van der Waals surface area contributed by atoms with Gasteiger partial charge in [0, 0.05) is 18.9 Å². The quantitative estimate of drug-likeness (QED) is 0.765. The molecule has 0 fully saturated rings. The van der Waals surface area contributed by atoms with Crippen molar-refractivity contribution in [2.75, 3.05) is 6.54 Å². The number of nitrogens with zero attached hydrogens (tertiary/aromatic N) is 2. The molecule has 2 aromatic rings. The van der Waals surface area contributed by atoms with Gasteiger partial charge in [-0.3, -0.25) is 0 Å². The molecule has 0 saturated carbocycles. The summed E-state index contributed by atoms with van der Waals surface area (Å²) in [6.07, 6.45) is 6.18. The number of imidazole rings is 1. The Balaban J connectivity index is 1.72. The molecule has 0 bridgehead atoms. The molecule has 0 amide bonds. The maximum absolute atomic E-state index is 4.37. The molecule has 0 saturated heterocycles. The lowest BCUT2D eigenvalue weighted by Crippen LogP contribution is -2.19. The first kappa shape index (κ1) is 12.3. The lowest BCUT2D eigenvalue weighted by molar-refractivity contribution is 0.589. The van der Waals surface area contributed by atoms with E-state index in [1.807, 2.05) is 6.20 Å². The van der Waals surface area contributed by atoms with Crippen LogP contribution in [0.5, 0.6) is 0 Å². The van der Waals surface area contributed by atoms with Crippen LogP contribution in [0.2, 0.25) is 0 Å². The van der Waals surface area contributed by atoms with E-state index in [0.717, 1.165) is 38.3 Å². The average molecular weight is 249 g/mol. The van der Waals surface area contributed by atoms with Gasteiger partial charge in [-0.25, -0.2) is 4.98 Å². The number of nitrogens with one attached hydrogen (secondary N) is 1. The van der Waals surface area contributed by atoms with Crippen molar-refractivity contribution in [3.8, 4) is 0 Å². The number of hydrogen-bond acceptors (Lipinski definition) is 3. The van der Waals surface area contributed by atoms with E-state index in [0.29, 0.717) is 0 Å². The van der Waals surface area contributed by atoms with Crippen LogP contribution in [-0.2, 0) is 19.5 Å². The molecule has 0 aliphatic rings. The van der Waals surface area contributed by atoms with Gasteiger partial charge in [0.25, 0.3) is 0 Å². The number of rotatable bonds is 7. The van der Waals surface area contributed by atoms with Crippen LogP contribution in [0.25, 0.3) is 0 Å². The Kier molecular flexibility index (Phi) is 4.76. The summed E-state index contributed by atoms with van der Waals surface area (Å²) in [5.41, 5.74) is 1.42. The summed E-state index contributed by atoms with van der Waals surface area (Å²) < 4.78 is 2.22. The topological polar surface area (TPSA) is 29.9 Å². The summed E-state index contributed by atoms with van der Waals surface area (Å²) in [6.45, 7) is 5.11.